The maximum Gasteiger partial charge on any atom is 0.257 e. The molecular weight excluding hydrogens is 962 g/mol. The second-order valence-electron chi connectivity index (χ2n) is 14.7. The largest absolute Gasteiger partial charge is 0.257 e. The third-order valence-corrected chi connectivity index (χ3v) is 12.4. The third-order valence-electron chi connectivity index (χ3n) is 11.3. The Bertz CT molecular complexity index is 3290. The van der Waals surface area contributed by atoms with E-state index in [1.807, 2.05) is 0 Å². The fourth-order valence-electron chi connectivity index (χ4n) is 8.27. The van der Waals surface area contributed by atoms with Crippen LogP contribution < -0.4 is 32.8 Å². The van der Waals surface area contributed by atoms with Crippen molar-refractivity contribution in [2.75, 3.05) is 0 Å². The second-order valence-corrected chi connectivity index (χ2v) is 15.8. The van der Waals surface area contributed by atoms with Gasteiger partial charge < -0.3 is 0 Å². The standard InChI is InChI=1S/C44H10B2F20S/c47-25-21(26(48)34(56)41(63)33(25)55)45(22-27(49)35(57)42(64)36(58)28(22)50)12-5-4-11-8-17-14-7-6-13(10-19(14)67-18-3-1-2-15(20(17)18)16(11)9-12)46(23-29(51)37(59)43(65)38(60)30(23)52)24-31(53)39(61)44(66)40(62)32(24)54/h1-10H. The number of hydrogen-bond acceptors (Lipinski definition) is 1. The zero-order valence-corrected chi connectivity index (χ0v) is 32.7. The molecule has 0 spiro atoms. The Morgan fingerprint density at radius 3 is 1.01 bits per heavy atom. The summed E-state index contributed by atoms with van der Waals surface area (Å²) in [5.74, 6) is -53.4. The molecule has 0 radical (unpaired) electrons. The predicted molar refractivity (Wildman–Crippen MR) is 205 cm³/mol. The quantitative estimate of drug-likeness (QED) is 0.0526. The Balaban J connectivity index is 1.28. The highest BCUT2D eigenvalue weighted by atomic mass is 32.2. The van der Waals surface area contributed by atoms with Crippen molar-refractivity contribution in [3.05, 3.63) is 177 Å². The lowest BCUT2D eigenvalue weighted by atomic mass is 9.36. The van der Waals surface area contributed by atoms with Crippen molar-refractivity contribution in [2.45, 2.75) is 9.79 Å². The van der Waals surface area contributed by atoms with E-state index in [0.29, 0.717) is 0 Å². The van der Waals surface area contributed by atoms with Crippen LogP contribution >= 0.6 is 11.8 Å². The molecule has 0 fully saturated rings. The summed E-state index contributed by atoms with van der Waals surface area (Å²) in [5.41, 5.74) is -9.26. The fraction of sp³-hybridized carbons (Fsp3) is 0. The highest BCUT2D eigenvalue weighted by Crippen LogP contribution is 2.49. The average Bonchev–Trinajstić information content (AvgIpc) is 3.32. The number of halogens is 20. The van der Waals surface area contributed by atoms with E-state index >= 15 is 35.1 Å². The predicted octanol–water partition coefficient (Wildman–Crippen LogP) is 9.94. The van der Waals surface area contributed by atoms with Crippen LogP contribution in [0.5, 0.6) is 0 Å². The van der Waals surface area contributed by atoms with Gasteiger partial charge in [0.2, 0.25) is 0 Å². The molecule has 0 aliphatic carbocycles. The van der Waals surface area contributed by atoms with Crippen LogP contribution in [-0.4, -0.2) is 13.4 Å². The van der Waals surface area contributed by atoms with Gasteiger partial charge in [-0.1, -0.05) is 71.2 Å². The Morgan fingerprint density at radius 1 is 0.284 bits per heavy atom. The van der Waals surface area contributed by atoms with Crippen molar-refractivity contribution in [2.24, 2.45) is 0 Å². The van der Waals surface area contributed by atoms with Crippen molar-refractivity contribution >= 4 is 79.5 Å². The first-order chi connectivity index (χ1) is 31.6. The first kappa shape index (κ1) is 45.5. The van der Waals surface area contributed by atoms with Crippen molar-refractivity contribution in [1.29, 1.82) is 0 Å². The molecule has 338 valence electrons. The van der Waals surface area contributed by atoms with Crippen LogP contribution in [0.15, 0.2) is 70.5 Å². The van der Waals surface area contributed by atoms with Gasteiger partial charge in [-0.15, -0.1) is 0 Å². The lowest BCUT2D eigenvalue weighted by molar-refractivity contribution is 0.382. The molecule has 0 saturated carbocycles. The molecule has 8 aromatic carbocycles. The van der Waals surface area contributed by atoms with E-state index in [0.717, 1.165) is 48.2 Å². The summed E-state index contributed by atoms with van der Waals surface area (Å²) in [7, 11) is 0. The molecule has 23 heteroatoms. The van der Waals surface area contributed by atoms with Crippen LogP contribution in [0.4, 0.5) is 87.8 Å². The Hall–Kier alpha value is -6.64. The van der Waals surface area contributed by atoms with Gasteiger partial charge in [0, 0.05) is 37.0 Å². The number of fused-ring (bicyclic) bond motifs is 4. The van der Waals surface area contributed by atoms with Gasteiger partial charge in [0.25, 0.3) is 13.4 Å². The lowest BCUT2D eigenvalue weighted by Gasteiger charge is -2.25. The zero-order valence-electron chi connectivity index (χ0n) is 31.9. The van der Waals surface area contributed by atoms with Gasteiger partial charge in [0.15, 0.2) is 116 Å². The summed E-state index contributed by atoms with van der Waals surface area (Å²) in [6.07, 6.45) is 0. The molecular formula is C44H10B2F20S. The normalized spacial score (nSPS) is 12.1. The van der Waals surface area contributed by atoms with Gasteiger partial charge in [-0.3, -0.25) is 0 Å². The van der Waals surface area contributed by atoms with Gasteiger partial charge >= 0.3 is 0 Å². The summed E-state index contributed by atoms with van der Waals surface area (Å²) >= 11 is 0.734. The van der Waals surface area contributed by atoms with Crippen LogP contribution in [0.25, 0.3) is 32.7 Å². The van der Waals surface area contributed by atoms with Crippen LogP contribution in [-0.2, 0) is 0 Å². The monoisotopic (exact) mass is 972 g/mol. The molecule has 1 heterocycles. The highest BCUT2D eigenvalue weighted by Gasteiger charge is 2.43. The maximum absolute atomic E-state index is 15.5. The van der Waals surface area contributed by atoms with Gasteiger partial charge in [-0.2, -0.15) is 0 Å². The maximum atomic E-state index is 15.5. The number of hydrogen-bond donors (Lipinski definition) is 0. The molecule has 0 unspecified atom stereocenters. The minimum absolute atomic E-state index is 0.0381. The Labute approximate surface area is 364 Å². The van der Waals surface area contributed by atoms with Crippen LogP contribution in [0.2, 0.25) is 0 Å². The van der Waals surface area contributed by atoms with E-state index in [1.165, 1.54) is 24.3 Å². The molecule has 8 aromatic rings. The molecule has 0 atom stereocenters. The van der Waals surface area contributed by atoms with Crippen molar-refractivity contribution in [3.8, 4) is 11.1 Å². The summed E-state index contributed by atoms with van der Waals surface area (Å²) in [4.78, 5) is 0.147. The molecule has 0 nitrogen and oxygen atoms in total. The van der Waals surface area contributed by atoms with E-state index in [4.69, 9.17) is 0 Å². The summed E-state index contributed by atoms with van der Waals surface area (Å²) in [5, 5.41) is 0.356. The SMILES string of the molecule is Fc1c(F)c(F)c(B(c2ccc3c(c2)Sc2cccc4c2c-3cc2ccc(B(c3c(F)c(F)c(F)c(F)c3F)c3c(F)c(F)c(F)c(F)c3F)cc24)c2c(F)c(F)c(F)c(F)c2F)c(F)c1F. The van der Waals surface area contributed by atoms with E-state index in [9.17, 15) is 52.7 Å². The number of benzene rings is 8. The summed E-state index contributed by atoms with van der Waals surface area (Å²) in [6, 6.07) is 11.0. The molecule has 0 bridgehead atoms. The number of rotatable bonds is 6. The Morgan fingerprint density at radius 2 is 0.627 bits per heavy atom. The van der Waals surface area contributed by atoms with Crippen molar-refractivity contribution in [3.63, 3.8) is 0 Å². The fourth-order valence-corrected chi connectivity index (χ4v) is 9.46. The van der Waals surface area contributed by atoms with Gasteiger partial charge in [0.05, 0.1) is 0 Å². The molecule has 1 aliphatic rings. The summed E-state index contributed by atoms with van der Waals surface area (Å²) in [6.45, 7) is -5.85. The average molecular weight is 972 g/mol. The summed E-state index contributed by atoms with van der Waals surface area (Å²) < 4.78 is 297. The molecule has 0 aromatic heterocycles. The molecule has 9 rings (SSSR count). The smallest absolute Gasteiger partial charge is 0.204 e. The van der Waals surface area contributed by atoms with E-state index in [1.54, 1.807) is 0 Å². The van der Waals surface area contributed by atoms with Crippen LogP contribution in [0.3, 0.4) is 0 Å². The zero-order chi connectivity index (χ0) is 48.6. The molecule has 0 amide bonds. The van der Waals surface area contributed by atoms with E-state index < -0.39 is 163 Å². The van der Waals surface area contributed by atoms with E-state index in [2.05, 4.69) is 0 Å². The first-order valence-corrected chi connectivity index (χ1v) is 19.3. The molecule has 1 aliphatic heterocycles. The van der Waals surface area contributed by atoms with Crippen LogP contribution in [0, 0.1) is 116 Å². The molecule has 67 heavy (non-hydrogen) atoms. The molecule has 0 N–H and O–H groups in total. The highest BCUT2D eigenvalue weighted by molar-refractivity contribution is 7.99. The van der Waals surface area contributed by atoms with Gasteiger partial charge in [-0.25, -0.2) is 87.8 Å². The Kier molecular flexibility index (Phi) is 10.9. The molecule has 0 saturated heterocycles. The van der Waals surface area contributed by atoms with Crippen molar-refractivity contribution in [1.82, 2.24) is 0 Å². The topological polar surface area (TPSA) is 0 Å². The van der Waals surface area contributed by atoms with Crippen molar-refractivity contribution < 1.29 is 87.8 Å². The van der Waals surface area contributed by atoms with Crippen LogP contribution in [0.1, 0.15) is 0 Å². The minimum atomic E-state index is -2.93. The lowest BCUT2D eigenvalue weighted by Crippen LogP contribution is -2.58. The van der Waals surface area contributed by atoms with Gasteiger partial charge in [-0.05, 0) is 39.4 Å². The second kappa shape index (κ2) is 16.0. The van der Waals surface area contributed by atoms with E-state index in [-0.39, 0.29) is 42.5 Å². The minimum Gasteiger partial charge on any atom is -0.204 e. The first-order valence-electron chi connectivity index (χ1n) is 18.5. The third kappa shape index (κ3) is 6.50. The van der Waals surface area contributed by atoms with Gasteiger partial charge in [0.1, 0.15) is 0 Å².